The second-order valence-corrected chi connectivity index (χ2v) is 29.5. The maximum atomic E-state index is 13.3. The van der Waals surface area contributed by atoms with Crippen LogP contribution < -0.4 is 21.3 Å². The van der Waals surface area contributed by atoms with E-state index < -0.39 is 0 Å². The van der Waals surface area contributed by atoms with Gasteiger partial charge in [0.2, 0.25) is 23.6 Å². The van der Waals surface area contributed by atoms with Crippen LogP contribution >= 0.6 is 0 Å². The van der Waals surface area contributed by atoms with Crippen LogP contribution in [0.5, 0.6) is 0 Å². The van der Waals surface area contributed by atoms with Crippen LogP contribution in [0.1, 0.15) is 211 Å². The molecular formula is C84H102F4N12O4. The highest BCUT2D eigenvalue weighted by molar-refractivity contribution is 5.93. The van der Waals surface area contributed by atoms with E-state index in [9.17, 15) is 36.7 Å². The van der Waals surface area contributed by atoms with Gasteiger partial charge in [-0.25, -0.2) is 57.4 Å². The molecule has 8 aromatic rings. The molecule has 4 amide bonds. The first-order valence-corrected chi connectivity index (χ1v) is 38.0. The molecule has 4 aromatic heterocycles. The third-order valence-corrected chi connectivity index (χ3v) is 20.7. The Bertz CT molecular complexity index is 4080. The maximum absolute atomic E-state index is 13.3. The van der Waals surface area contributed by atoms with Crippen LogP contribution in [0.15, 0.2) is 122 Å². The number of rotatable bonds is 22. The molecule has 5 aliphatic carbocycles. The molecule has 4 heterocycles. The summed E-state index contributed by atoms with van der Waals surface area (Å²) in [4.78, 5) is 85.5. The van der Waals surface area contributed by atoms with Crippen LogP contribution in [0, 0.1) is 64.7 Å². The lowest BCUT2D eigenvalue weighted by Crippen LogP contribution is -2.22. The van der Waals surface area contributed by atoms with Crippen LogP contribution in [0.25, 0.3) is 45.0 Å². The van der Waals surface area contributed by atoms with Gasteiger partial charge in [-0.2, -0.15) is 0 Å². The van der Waals surface area contributed by atoms with Gasteiger partial charge >= 0.3 is 0 Å². The summed E-state index contributed by atoms with van der Waals surface area (Å²) in [6.45, 7) is 9.40. The topological polar surface area (TPSA) is 220 Å². The number of amides is 4. The number of nitrogens with one attached hydrogen (secondary N) is 4. The van der Waals surface area contributed by atoms with E-state index in [0.29, 0.717) is 88.7 Å². The summed E-state index contributed by atoms with van der Waals surface area (Å²) in [5.41, 5.74) is 9.48. The summed E-state index contributed by atoms with van der Waals surface area (Å²) in [5, 5.41) is 11.7. The van der Waals surface area contributed by atoms with Crippen molar-refractivity contribution in [3.8, 4) is 45.0 Å². The number of anilines is 4. The molecule has 550 valence electrons. The highest BCUT2D eigenvalue weighted by Crippen LogP contribution is 2.36. The molecule has 0 bridgehead atoms. The predicted octanol–water partition coefficient (Wildman–Crippen LogP) is 19.9. The summed E-state index contributed by atoms with van der Waals surface area (Å²) in [5.74, 6) is 4.12. The number of carbonyl (C=O) groups is 4. The molecular weight excluding hydrogens is 1320 g/mol. The Morgan fingerprint density at radius 3 is 0.933 bits per heavy atom. The Hall–Kier alpha value is -9.20. The molecule has 0 aliphatic heterocycles. The number of benzene rings is 4. The van der Waals surface area contributed by atoms with Crippen molar-refractivity contribution in [1.82, 2.24) is 39.9 Å². The maximum Gasteiger partial charge on any atom is 0.228 e. The quantitative estimate of drug-likeness (QED) is 0.0466. The summed E-state index contributed by atoms with van der Waals surface area (Å²) >= 11 is 0. The van der Waals surface area contributed by atoms with Crippen molar-refractivity contribution in [2.75, 3.05) is 21.3 Å². The van der Waals surface area contributed by atoms with Gasteiger partial charge < -0.3 is 21.3 Å². The molecule has 0 saturated heterocycles. The normalized spacial score (nSPS) is 16.0. The second-order valence-electron chi connectivity index (χ2n) is 29.5. The number of hydrogen-bond donors (Lipinski definition) is 4. The van der Waals surface area contributed by atoms with E-state index in [1.807, 2.05) is 27.7 Å². The van der Waals surface area contributed by atoms with Crippen molar-refractivity contribution in [3.05, 3.63) is 168 Å². The number of carbonyl (C=O) groups excluding carboxylic acids is 4. The summed E-state index contributed by atoms with van der Waals surface area (Å²) in [6.07, 6.45) is 37.4. The van der Waals surface area contributed by atoms with Crippen LogP contribution in [0.3, 0.4) is 0 Å². The Balaban J connectivity index is 0.000000149. The molecule has 13 rings (SSSR count). The summed E-state index contributed by atoms with van der Waals surface area (Å²) in [7, 11) is 0. The first-order valence-electron chi connectivity index (χ1n) is 38.0. The van der Waals surface area contributed by atoms with E-state index in [-0.39, 0.29) is 52.8 Å². The van der Waals surface area contributed by atoms with Crippen LogP contribution in [0.4, 0.5) is 40.8 Å². The zero-order valence-corrected chi connectivity index (χ0v) is 61.1. The molecule has 1 atom stereocenters. The minimum absolute atomic E-state index is 0.0241. The number of aromatic nitrogens is 8. The van der Waals surface area contributed by atoms with Gasteiger partial charge in [-0.05, 0) is 178 Å². The van der Waals surface area contributed by atoms with Crippen LogP contribution in [-0.4, -0.2) is 63.5 Å². The average Bonchev–Trinajstić information content (AvgIpc) is 1.33. The van der Waals surface area contributed by atoms with Gasteiger partial charge in [-0.3, -0.25) is 19.2 Å². The van der Waals surface area contributed by atoms with Crippen molar-refractivity contribution in [3.63, 3.8) is 0 Å². The molecule has 16 nitrogen and oxygen atoms in total. The fraction of sp³-hybridized carbons (Fsp3) is 0.476. The SMILES string of the molecule is CC(=O)Nc1ncc(-c2ccc(F)cc2)nc1CC1CCCC1.CC(C)CC(=O)Nc1ncc(-c2ccc(F)cc2)nc1CC1CCCC1.CCC(C)C(=O)Nc1ncc(-c2ccc(F)cc2)nc1CC1CCCC1.O=C(CC1CCCCC1)Nc1ncc(-c2ccc(F)cc2)nc1CC1CCCC1. The fourth-order valence-corrected chi connectivity index (χ4v) is 14.7. The molecule has 1 unspecified atom stereocenters. The van der Waals surface area contributed by atoms with E-state index in [2.05, 4.69) is 46.2 Å². The smallest absolute Gasteiger partial charge is 0.228 e. The minimum atomic E-state index is -0.275. The molecule has 20 heteroatoms. The lowest BCUT2D eigenvalue weighted by Gasteiger charge is -2.21. The second kappa shape index (κ2) is 39.1. The Labute approximate surface area is 610 Å². The molecule has 5 saturated carbocycles. The molecule has 5 fully saturated rings. The predicted molar refractivity (Wildman–Crippen MR) is 403 cm³/mol. The molecule has 4 aromatic carbocycles. The van der Waals surface area contributed by atoms with E-state index in [1.54, 1.807) is 73.3 Å². The lowest BCUT2D eigenvalue weighted by atomic mass is 9.87. The Morgan fingerprint density at radius 1 is 0.375 bits per heavy atom. The lowest BCUT2D eigenvalue weighted by molar-refractivity contribution is -0.119. The van der Waals surface area contributed by atoms with E-state index in [4.69, 9.17) is 15.0 Å². The van der Waals surface area contributed by atoms with Crippen LogP contribution in [0.2, 0.25) is 0 Å². The first kappa shape index (κ1) is 77.4. The van der Waals surface area contributed by atoms with Gasteiger partial charge in [-0.15, -0.1) is 0 Å². The minimum Gasteiger partial charge on any atom is -0.309 e. The number of nitrogens with zero attached hydrogens (tertiary/aromatic N) is 8. The largest absolute Gasteiger partial charge is 0.309 e. The highest BCUT2D eigenvalue weighted by atomic mass is 19.1. The third kappa shape index (κ3) is 23.9. The Morgan fingerprint density at radius 2 is 0.644 bits per heavy atom. The Kier molecular flexibility index (Phi) is 29.1. The van der Waals surface area contributed by atoms with Gasteiger partial charge in [0.15, 0.2) is 23.3 Å². The van der Waals surface area contributed by atoms with Crippen molar-refractivity contribution in [2.45, 2.75) is 214 Å². The van der Waals surface area contributed by atoms with Gasteiger partial charge in [-0.1, -0.05) is 150 Å². The summed E-state index contributed by atoms with van der Waals surface area (Å²) in [6, 6.07) is 25.0. The number of halogens is 4. The van der Waals surface area contributed by atoms with Crippen molar-refractivity contribution in [1.29, 1.82) is 0 Å². The summed E-state index contributed by atoms with van der Waals surface area (Å²) < 4.78 is 52.7. The molecule has 0 spiro atoms. The molecule has 4 N–H and O–H groups in total. The van der Waals surface area contributed by atoms with Crippen LogP contribution in [-0.2, 0) is 44.9 Å². The zero-order chi connectivity index (χ0) is 73.3. The first-order chi connectivity index (χ1) is 50.4. The molecule has 5 aliphatic rings. The van der Waals surface area contributed by atoms with Crippen molar-refractivity contribution < 1.29 is 36.7 Å². The van der Waals surface area contributed by atoms with E-state index >= 15 is 0 Å². The van der Waals surface area contributed by atoms with Gasteiger partial charge in [0.25, 0.3) is 0 Å². The molecule has 104 heavy (non-hydrogen) atoms. The number of hydrogen-bond acceptors (Lipinski definition) is 12. The zero-order valence-electron chi connectivity index (χ0n) is 61.1. The standard InChI is InChI=1S/C24H30FN3O.2C21H26FN3O.C18H20FN3O/c25-20-12-10-19(11-13-20)22-16-26-24(21(27-22)14-17-8-4-5-9-17)28-23(29)15-18-6-2-1-3-7-18;1-14(2)11-20(26)25-21-18(12-15-5-3-4-6-15)24-19(13-23-21)16-7-9-17(22)10-8-16;1-3-14(2)21(26)25-20-18(12-15-6-4-5-7-15)24-19(13-23-20)16-8-10-17(22)11-9-16;1-12(23)21-18-16(10-13-4-2-3-5-13)22-17(11-20-18)14-6-8-15(19)9-7-14/h10-13,16-18H,1-9,14-15H2,(H,26,28,29);7-10,13-15H,3-6,11-12H2,1-2H3,(H,23,25,26);8-11,13-15H,3-7,12H2,1-2H3,(H,23,25,26);6-9,11,13H,2-5,10H2,1H3,(H,20,21,23). The molecule has 0 radical (unpaired) electrons. The monoisotopic (exact) mass is 1420 g/mol. The van der Waals surface area contributed by atoms with Gasteiger partial charge in [0, 0.05) is 47.9 Å². The van der Waals surface area contributed by atoms with Gasteiger partial charge in [0.1, 0.15) is 23.3 Å². The average molecular weight is 1420 g/mol. The van der Waals surface area contributed by atoms with Crippen molar-refractivity contribution in [2.24, 2.45) is 41.4 Å². The third-order valence-electron chi connectivity index (χ3n) is 20.7. The fourth-order valence-electron chi connectivity index (χ4n) is 14.7. The highest BCUT2D eigenvalue weighted by Gasteiger charge is 2.27. The van der Waals surface area contributed by atoms with E-state index in [0.717, 1.165) is 95.7 Å². The van der Waals surface area contributed by atoms with Crippen molar-refractivity contribution >= 4 is 46.9 Å². The van der Waals surface area contributed by atoms with E-state index in [1.165, 1.54) is 177 Å². The van der Waals surface area contributed by atoms with Gasteiger partial charge in [0.05, 0.1) is 70.3 Å².